The zero-order valence-electron chi connectivity index (χ0n) is 12.2. The number of carbonyl (C=O) groups is 2. The standard InChI is InChI=1S/C16H20FNO3/c1-10(2)15(16(20)21)18-7-12(9-19)14(8-18)11-4-3-5-13(17)6-11/h3-6,9-10,12,14-15H,7-8H2,1-2H3,(H,20,21). The predicted octanol–water partition coefficient (Wildman–Crippen LogP) is 2.15. The fourth-order valence-electron chi connectivity index (χ4n) is 3.18. The van der Waals surface area contributed by atoms with Crippen molar-refractivity contribution in [1.82, 2.24) is 4.90 Å². The third kappa shape index (κ3) is 3.29. The average molecular weight is 293 g/mol. The molecule has 2 rings (SSSR count). The van der Waals surface area contributed by atoms with Crippen LogP contribution in [-0.4, -0.2) is 41.4 Å². The first-order chi connectivity index (χ1) is 9.93. The second-order valence-electron chi connectivity index (χ2n) is 5.94. The van der Waals surface area contributed by atoms with E-state index < -0.39 is 12.0 Å². The van der Waals surface area contributed by atoms with Crippen molar-refractivity contribution >= 4 is 12.3 Å². The summed E-state index contributed by atoms with van der Waals surface area (Å²) in [6, 6.07) is 5.58. The van der Waals surface area contributed by atoms with Crippen molar-refractivity contribution in [2.45, 2.75) is 25.8 Å². The average Bonchev–Trinajstić information content (AvgIpc) is 2.81. The number of aldehydes is 1. The molecule has 3 unspecified atom stereocenters. The van der Waals surface area contributed by atoms with Crippen LogP contribution >= 0.6 is 0 Å². The molecule has 0 radical (unpaired) electrons. The van der Waals surface area contributed by atoms with Crippen LogP contribution in [-0.2, 0) is 9.59 Å². The molecule has 4 nitrogen and oxygen atoms in total. The van der Waals surface area contributed by atoms with E-state index in [1.165, 1.54) is 12.1 Å². The molecule has 0 bridgehead atoms. The van der Waals surface area contributed by atoms with Crippen LogP contribution in [0.15, 0.2) is 24.3 Å². The lowest BCUT2D eigenvalue weighted by atomic mass is 9.90. The smallest absolute Gasteiger partial charge is 0.321 e. The number of nitrogens with zero attached hydrogens (tertiary/aromatic N) is 1. The van der Waals surface area contributed by atoms with Crippen LogP contribution in [0.25, 0.3) is 0 Å². The summed E-state index contributed by atoms with van der Waals surface area (Å²) in [7, 11) is 0. The Morgan fingerprint density at radius 3 is 2.67 bits per heavy atom. The second kappa shape index (κ2) is 6.35. The molecule has 1 aromatic carbocycles. The van der Waals surface area contributed by atoms with Crippen molar-refractivity contribution in [1.29, 1.82) is 0 Å². The van der Waals surface area contributed by atoms with Crippen LogP contribution in [0.2, 0.25) is 0 Å². The van der Waals surface area contributed by atoms with Crippen LogP contribution in [0, 0.1) is 17.7 Å². The maximum atomic E-state index is 13.4. The first-order valence-corrected chi connectivity index (χ1v) is 7.11. The largest absolute Gasteiger partial charge is 0.480 e. The maximum absolute atomic E-state index is 13.4. The summed E-state index contributed by atoms with van der Waals surface area (Å²) in [6.45, 7) is 4.57. The van der Waals surface area contributed by atoms with Gasteiger partial charge in [-0.2, -0.15) is 0 Å². The lowest BCUT2D eigenvalue weighted by molar-refractivity contribution is -0.144. The van der Waals surface area contributed by atoms with E-state index in [0.717, 1.165) is 11.8 Å². The molecule has 1 N–H and O–H groups in total. The van der Waals surface area contributed by atoms with Gasteiger partial charge >= 0.3 is 5.97 Å². The number of carboxylic acids is 1. The lowest BCUT2D eigenvalue weighted by Crippen LogP contribution is -2.43. The minimum Gasteiger partial charge on any atom is -0.480 e. The number of hydrogen-bond acceptors (Lipinski definition) is 3. The normalized spacial score (nSPS) is 24.2. The van der Waals surface area contributed by atoms with Crippen LogP contribution in [0.4, 0.5) is 4.39 Å². The molecule has 0 saturated carbocycles. The molecule has 1 aliphatic heterocycles. The molecule has 114 valence electrons. The maximum Gasteiger partial charge on any atom is 0.321 e. The van der Waals surface area contributed by atoms with Crippen molar-refractivity contribution in [2.24, 2.45) is 11.8 Å². The van der Waals surface area contributed by atoms with Gasteiger partial charge in [0.2, 0.25) is 0 Å². The van der Waals surface area contributed by atoms with E-state index >= 15 is 0 Å². The van der Waals surface area contributed by atoms with Gasteiger partial charge in [0, 0.05) is 24.9 Å². The molecule has 1 aliphatic rings. The SMILES string of the molecule is CC(C)C(C(=O)O)N1CC(C=O)C(c2cccc(F)c2)C1. The van der Waals surface area contributed by atoms with Gasteiger partial charge < -0.3 is 9.90 Å². The molecule has 0 aromatic heterocycles. The van der Waals surface area contributed by atoms with E-state index in [4.69, 9.17) is 0 Å². The highest BCUT2D eigenvalue weighted by Gasteiger charge is 2.40. The fraction of sp³-hybridized carbons (Fsp3) is 0.500. The zero-order valence-corrected chi connectivity index (χ0v) is 12.2. The van der Waals surface area contributed by atoms with Crippen molar-refractivity contribution in [3.05, 3.63) is 35.6 Å². The third-order valence-electron chi connectivity index (χ3n) is 4.12. The Kier molecular flexibility index (Phi) is 4.73. The fourth-order valence-corrected chi connectivity index (χ4v) is 3.18. The lowest BCUT2D eigenvalue weighted by Gasteiger charge is -2.27. The van der Waals surface area contributed by atoms with Crippen molar-refractivity contribution < 1.29 is 19.1 Å². The summed E-state index contributed by atoms with van der Waals surface area (Å²) < 4.78 is 13.4. The van der Waals surface area contributed by atoms with Crippen molar-refractivity contribution in [3.63, 3.8) is 0 Å². The molecule has 0 amide bonds. The highest BCUT2D eigenvalue weighted by atomic mass is 19.1. The first-order valence-electron chi connectivity index (χ1n) is 7.11. The van der Waals surface area contributed by atoms with E-state index in [0.29, 0.717) is 13.1 Å². The van der Waals surface area contributed by atoms with Gasteiger partial charge in [-0.1, -0.05) is 26.0 Å². The Labute approximate surface area is 123 Å². The summed E-state index contributed by atoms with van der Waals surface area (Å²) in [6.07, 6.45) is 0.856. The number of rotatable bonds is 5. The van der Waals surface area contributed by atoms with E-state index in [-0.39, 0.29) is 23.6 Å². The van der Waals surface area contributed by atoms with Crippen LogP contribution in [0.3, 0.4) is 0 Å². The Morgan fingerprint density at radius 1 is 1.43 bits per heavy atom. The molecule has 1 aromatic rings. The highest BCUT2D eigenvalue weighted by Crippen LogP contribution is 2.34. The van der Waals surface area contributed by atoms with Gasteiger partial charge in [0.15, 0.2) is 0 Å². The molecule has 1 heterocycles. The van der Waals surface area contributed by atoms with Gasteiger partial charge in [-0.25, -0.2) is 4.39 Å². The number of likely N-dealkylation sites (tertiary alicyclic amines) is 1. The van der Waals surface area contributed by atoms with E-state index in [1.54, 1.807) is 12.1 Å². The third-order valence-corrected chi connectivity index (χ3v) is 4.12. The summed E-state index contributed by atoms with van der Waals surface area (Å²) in [5.74, 6) is -1.73. The van der Waals surface area contributed by atoms with Gasteiger partial charge in [0.05, 0.1) is 0 Å². The van der Waals surface area contributed by atoms with Gasteiger partial charge in [0.25, 0.3) is 0 Å². The minimum absolute atomic E-state index is 0.0546. The van der Waals surface area contributed by atoms with Crippen LogP contribution in [0.1, 0.15) is 25.3 Å². The zero-order chi connectivity index (χ0) is 15.6. The molecule has 21 heavy (non-hydrogen) atoms. The summed E-state index contributed by atoms with van der Waals surface area (Å²) in [5.41, 5.74) is 0.752. The quantitative estimate of drug-likeness (QED) is 0.845. The minimum atomic E-state index is -0.880. The molecular weight excluding hydrogens is 273 g/mol. The van der Waals surface area contributed by atoms with E-state index in [2.05, 4.69) is 0 Å². The number of halogens is 1. The highest BCUT2D eigenvalue weighted by molar-refractivity contribution is 5.74. The van der Waals surface area contributed by atoms with Gasteiger partial charge in [-0.15, -0.1) is 0 Å². The topological polar surface area (TPSA) is 57.6 Å². The monoisotopic (exact) mass is 293 g/mol. The van der Waals surface area contributed by atoms with Gasteiger partial charge in [-0.3, -0.25) is 9.69 Å². The van der Waals surface area contributed by atoms with Crippen LogP contribution in [0.5, 0.6) is 0 Å². The molecule has 0 aliphatic carbocycles. The summed E-state index contributed by atoms with van der Waals surface area (Å²) in [4.78, 5) is 24.6. The number of hydrogen-bond donors (Lipinski definition) is 1. The Morgan fingerprint density at radius 2 is 2.14 bits per heavy atom. The number of carboxylic acid groups (broad SMARTS) is 1. The summed E-state index contributed by atoms with van der Waals surface area (Å²) >= 11 is 0. The van der Waals surface area contributed by atoms with Crippen molar-refractivity contribution in [2.75, 3.05) is 13.1 Å². The Balaban J connectivity index is 2.25. The Hall–Kier alpha value is -1.75. The molecule has 1 fully saturated rings. The Bertz CT molecular complexity index is 532. The molecule has 3 atom stereocenters. The van der Waals surface area contributed by atoms with Crippen molar-refractivity contribution in [3.8, 4) is 0 Å². The number of benzene rings is 1. The van der Waals surface area contributed by atoms with E-state index in [1.807, 2.05) is 18.7 Å². The number of carbonyl (C=O) groups excluding carboxylic acids is 1. The second-order valence-corrected chi connectivity index (χ2v) is 5.94. The van der Waals surface area contributed by atoms with Gasteiger partial charge in [0.1, 0.15) is 18.1 Å². The first kappa shape index (κ1) is 15.6. The molecular formula is C16H20FNO3. The molecule has 1 saturated heterocycles. The summed E-state index contributed by atoms with van der Waals surface area (Å²) in [5, 5.41) is 9.37. The predicted molar refractivity (Wildman–Crippen MR) is 76.5 cm³/mol. The molecule has 5 heteroatoms. The van der Waals surface area contributed by atoms with Gasteiger partial charge in [-0.05, 0) is 23.6 Å². The van der Waals surface area contributed by atoms with Crippen LogP contribution < -0.4 is 0 Å². The molecule has 0 spiro atoms. The number of aliphatic carboxylic acids is 1. The van der Waals surface area contributed by atoms with E-state index in [9.17, 15) is 19.1 Å².